The van der Waals surface area contributed by atoms with Crippen LogP contribution in [-0.4, -0.2) is 20.1 Å². The molecular weight excluding hydrogens is 362 g/mol. The maximum atomic E-state index is 12.9. The number of methoxy groups -OCH3 is 2. The van der Waals surface area contributed by atoms with Gasteiger partial charge in [0.2, 0.25) is 0 Å². The summed E-state index contributed by atoms with van der Waals surface area (Å²) in [5.41, 5.74) is 4.02. The Morgan fingerprint density at radius 1 is 0.793 bits per heavy atom. The molecule has 0 aliphatic heterocycles. The van der Waals surface area contributed by atoms with Crippen molar-refractivity contribution in [3.63, 3.8) is 0 Å². The Morgan fingerprint density at radius 2 is 1.31 bits per heavy atom. The van der Waals surface area contributed by atoms with Gasteiger partial charge in [0.25, 0.3) is 5.91 Å². The van der Waals surface area contributed by atoms with Gasteiger partial charge in [-0.3, -0.25) is 4.79 Å². The van der Waals surface area contributed by atoms with Gasteiger partial charge in [0.1, 0.15) is 11.5 Å². The molecule has 1 unspecified atom stereocenters. The van der Waals surface area contributed by atoms with E-state index in [1.54, 1.807) is 14.2 Å². The first kappa shape index (κ1) is 20.5. The van der Waals surface area contributed by atoms with Crippen molar-refractivity contribution in [2.45, 2.75) is 25.8 Å². The second kappa shape index (κ2) is 9.78. The normalized spacial score (nSPS) is 11.6. The number of carbonyl (C=O) groups excluding carboxylic acids is 1. The van der Waals surface area contributed by atoms with Crippen molar-refractivity contribution in [3.05, 3.63) is 95.1 Å². The van der Waals surface area contributed by atoms with Crippen LogP contribution in [0.3, 0.4) is 0 Å². The van der Waals surface area contributed by atoms with Gasteiger partial charge < -0.3 is 14.8 Å². The van der Waals surface area contributed by atoms with Gasteiger partial charge in [0, 0.05) is 5.56 Å². The fourth-order valence-corrected chi connectivity index (χ4v) is 3.22. The number of carbonyl (C=O) groups is 1. The minimum Gasteiger partial charge on any atom is -0.497 e. The van der Waals surface area contributed by atoms with Crippen LogP contribution in [-0.2, 0) is 12.8 Å². The summed E-state index contributed by atoms with van der Waals surface area (Å²) in [6.45, 7) is 2.10. The molecule has 3 aromatic carbocycles. The SMILES string of the molecule is CCc1ccc(C(=O)NC(Cc2ccc(OC)cc2)c2ccc(OC)cc2)cc1. The lowest BCUT2D eigenvalue weighted by molar-refractivity contribution is 0.0936. The highest BCUT2D eigenvalue weighted by Gasteiger charge is 2.17. The number of ether oxygens (including phenoxy) is 2. The Bertz CT molecular complexity index is 916. The van der Waals surface area contributed by atoms with Gasteiger partial charge in [0.05, 0.1) is 20.3 Å². The Labute approximate surface area is 172 Å². The summed E-state index contributed by atoms with van der Waals surface area (Å²) in [6, 6.07) is 23.3. The van der Waals surface area contributed by atoms with Crippen molar-refractivity contribution in [2.75, 3.05) is 14.2 Å². The fraction of sp³-hybridized carbons (Fsp3) is 0.240. The molecule has 0 radical (unpaired) electrons. The molecule has 1 N–H and O–H groups in total. The predicted molar refractivity (Wildman–Crippen MR) is 116 cm³/mol. The van der Waals surface area contributed by atoms with Crippen molar-refractivity contribution in [2.24, 2.45) is 0 Å². The second-order valence-corrected chi connectivity index (χ2v) is 6.90. The van der Waals surface area contributed by atoms with Crippen molar-refractivity contribution < 1.29 is 14.3 Å². The zero-order valence-corrected chi connectivity index (χ0v) is 17.1. The standard InChI is InChI=1S/C25H27NO3/c1-4-18-5-9-21(10-6-18)25(27)26-24(20-11-15-23(29-3)16-12-20)17-19-7-13-22(28-2)14-8-19/h5-16,24H,4,17H2,1-3H3,(H,26,27). The molecule has 0 aliphatic rings. The first-order valence-electron chi connectivity index (χ1n) is 9.79. The number of rotatable bonds is 8. The second-order valence-electron chi connectivity index (χ2n) is 6.90. The number of hydrogen-bond donors (Lipinski definition) is 1. The summed E-state index contributed by atoms with van der Waals surface area (Å²) >= 11 is 0. The monoisotopic (exact) mass is 389 g/mol. The zero-order valence-electron chi connectivity index (χ0n) is 17.1. The van der Waals surface area contributed by atoms with E-state index in [0.717, 1.165) is 29.0 Å². The Balaban J connectivity index is 1.82. The van der Waals surface area contributed by atoms with Gasteiger partial charge in [-0.05, 0) is 65.9 Å². The average molecular weight is 389 g/mol. The molecule has 3 aromatic rings. The average Bonchev–Trinajstić information content (AvgIpc) is 2.79. The molecule has 4 heteroatoms. The number of amides is 1. The third-order valence-corrected chi connectivity index (χ3v) is 5.05. The van der Waals surface area contributed by atoms with Crippen LogP contribution in [0.1, 0.15) is 40.0 Å². The molecule has 4 nitrogen and oxygen atoms in total. The summed E-state index contributed by atoms with van der Waals surface area (Å²) in [6.07, 6.45) is 1.63. The number of nitrogens with one attached hydrogen (secondary N) is 1. The van der Waals surface area contributed by atoms with E-state index in [2.05, 4.69) is 12.2 Å². The molecule has 1 atom stereocenters. The molecule has 0 heterocycles. The van der Waals surface area contributed by atoms with E-state index in [9.17, 15) is 4.79 Å². The molecule has 0 saturated heterocycles. The molecule has 150 valence electrons. The first-order valence-corrected chi connectivity index (χ1v) is 9.79. The summed E-state index contributed by atoms with van der Waals surface area (Å²) in [4.78, 5) is 12.9. The molecule has 0 aromatic heterocycles. The van der Waals surface area contributed by atoms with E-state index in [4.69, 9.17) is 9.47 Å². The van der Waals surface area contributed by atoms with E-state index < -0.39 is 0 Å². The van der Waals surface area contributed by atoms with Crippen LogP contribution in [0.4, 0.5) is 0 Å². The van der Waals surface area contributed by atoms with Gasteiger partial charge in [-0.2, -0.15) is 0 Å². The quantitative estimate of drug-likeness (QED) is 0.591. The summed E-state index contributed by atoms with van der Waals surface area (Å²) in [7, 11) is 3.30. The zero-order chi connectivity index (χ0) is 20.6. The van der Waals surface area contributed by atoms with Gasteiger partial charge >= 0.3 is 0 Å². The summed E-state index contributed by atoms with van der Waals surface area (Å²) in [5.74, 6) is 1.52. The highest BCUT2D eigenvalue weighted by Crippen LogP contribution is 2.23. The third-order valence-electron chi connectivity index (χ3n) is 5.05. The van der Waals surface area contributed by atoms with E-state index in [1.807, 2.05) is 72.8 Å². The molecule has 29 heavy (non-hydrogen) atoms. The van der Waals surface area contributed by atoms with E-state index >= 15 is 0 Å². The molecule has 0 fully saturated rings. The van der Waals surface area contributed by atoms with Crippen LogP contribution < -0.4 is 14.8 Å². The Morgan fingerprint density at radius 3 is 1.83 bits per heavy atom. The lowest BCUT2D eigenvalue weighted by Gasteiger charge is -2.20. The van der Waals surface area contributed by atoms with Crippen LogP contribution in [0.15, 0.2) is 72.8 Å². The lowest BCUT2D eigenvalue weighted by atomic mass is 9.98. The third kappa shape index (κ3) is 5.38. The van der Waals surface area contributed by atoms with Crippen LogP contribution in [0, 0.1) is 0 Å². The number of hydrogen-bond acceptors (Lipinski definition) is 3. The highest BCUT2D eigenvalue weighted by atomic mass is 16.5. The molecule has 0 saturated carbocycles. The van der Waals surface area contributed by atoms with Crippen molar-refractivity contribution in [1.82, 2.24) is 5.32 Å². The maximum absolute atomic E-state index is 12.9. The van der Waals surface area contributed by atoms with E-state index in [1.165, 1.54) is 5.56 Å². The van der Waals surface area contributed by atoms with E-state index in [0.29, 0.717) is 12.0 Å². The maximum Gasteiger partial charge on any atom is 0.251 e. The smallest absolute Gasteiger partial charge is 0.251 e. The molecule has 1 amide bonds. The topological polar surface area (TPSA) is 47.6 Å². The van der Waals surface area contributed by atoms with Crippen LogP contribution in [0.2, 0.25) is 0 Å². The minimum absolute atomic E-state index is 0.0815. The van der Waals surface area contributed by atoms with Gasteiger partial charge in [-0.15, -0.1) is 0 Å². The van der Waals surface area contributed by atoms with Crippen LogP contribution >= 0.6 is 0 Å². The predicted octanol–water partition coefficient (Wildman–Crippen LogP) is 4.98. The molecular formula is C25H27NO3. The summed E-state index contributed by atoms with van der Waals surface area (Å²) in [5, 5.41) is 3.19. The Kier molecular flexibility index (Phi) is 6.90. The number of aryl methyl sites for hydroxylation is 1. The molecule has 3 rings (SSSR count). The van der Waals surface area contributed by atoms with Gasteiger partial charge in [0.15, 0.2) is 0 Å². The van der Waals surface area contributed by atoms with Gasteiger partial charge in [-0.25, -0.2) is 0 Å². The first-order chi connectivity index (χ1) is 14.1. The van der Waals surface area contributed by atoms with Crippen LogP contribution in [0.5, 0.6) is 11.5 Å². The van der Waals surface area contributed by atoms with Gasteiger partial charge in [-0.1, -0.05) is 43.3 Å². The summed E-state index contributed by atoms with van der Waals surface area (Å²) < 4.78 is 10.5. The van der Waals surface area contributed by atoms with Crippen molar-refractivity contribution in [3.8, 4) is 11.5 Å². The van der Waals surface area contributed by atoms with Crippen molar-refractivity contribution in [1.29, 1.82) is 0 Å². The lowest BCUT2D eigenvalue weighted by Crippen LogP contribution is -2.30. The van der Waals surface area contributed by atoms with E-state index in [-0.39, 0.29) is 11.9 Å². The highest BCUT2D eigenvalue weighted by molar-refractivity contribution is 5.94. The fourth-order valence-electron chi connectivity index (χ4n) is 3.22. The molecule has 0 bridgehead atoms. The minimum atomic E-state index is -0.160. The largest absolute Gasteiger partial charge is 0.497 e. The van der Waals surface area contributed by atoms with Crippen LogP contribution in [0.25, 0.3) is 0 Å². The Hall–Kier alpha value is -3.27. The molecule has 0 aliphatic carbocycles. The van der Waals surface area contributed by atoms with Crippen molar-refractivity contribution >= 4 is 5.91 Å². The number of benzene rings is 3. The molecule has 0 spiro atoms.